The Morgan fingerprint density at radius 3 is 2.54 bits per heavy atom. The summed E-state index contributed by atoms with van der Waals surface area (Å²) in [6, 6.07) is 3.44. The van der Waals surface area contributed by atoms with Crippen LogP contribution in [0.5, 0.6) is 0 Å². The average molecular weight is 368 g/mol. The Balaban J connectivity index is 2.59. The first kappa shape index (κ1) is 21.8. The number of hydrogen-bond acceptors (Lipinski definition) is 5. The molecule has 0 aliphatic rings. The van der Waals surface area contributed by atoms with Gasteiger partial charge in [-0.2, -0.15) is 0 Å². The second-order valence-electron chi connectivity index (χ2n) is 7.62. The van der Waals surface area contributed by atoms with E-state index in [2.05, 4.69) is 20.9 Å². The van der Waals surface area contributed by atoms with Gasteiger partial charge in [-0.3, -0.25) is 4.99 Å². The Hall–Kier alpha value is -2.22. The maximum absolute atomic E-state index is 11.9. The normalized spacial score (nSPS) is 13.9. The third kappa shape index (κ3) is 8.75. The summed E-state index contributed by atoms with van der Waals surface area (Å²) in [5.41, 5.74) is -1.15. The maximum atomic E-state index is 11.9. The number of carbonyl (C=O) groups is 1. The number of hydrogen-bond donors (Lipinski definition) is 4. The summed E-state index contributed by atoms with van der Waals surface area (Å²) in [5.74, 6) is 1.03. The summed E-state index contributed by atoms with van der Waals surface area (Å²) in [7, 11) is 0. The van der Waals surface area contributed by atoms with Crippen molar-refractivity contribution in [1.29, 1.82) is 0 Å². The zero-order valence-corrected chi connectivity index (χ0v) is 16.5. The molecule has 8 nitrogen and oxygen atoms in total. The standard InChI is InChI=1S/C18H32N4O4/c1-7-19-15(20-11-13(23)14-9-8-10-25-14)21-12-18(5,6)22-16(24)26-17(2,3)4/h8-10,13,23H,7,11-12H2,1-6H3,(H,22,24)(H2,19,20,21). The highest BCUT2D eigenvalue weighted by Gasteiger charge is 2.24. The van der Waals surface area contributed by atoms with Crippen LogP contribution in [0.2, 0.25) is 0 Å². The molecule has 148 valence electrons. The van der Waals surface area contributed by atoms with Crippen LogP contribution in [-0.4, -0.2) is 47.9 Å². The molecule has 0 saturated carbocycles. The van der Waals surface area contributed by atoms with Crippen molar-refractivity contribution in [3.63, 3.8) is 0 Å². The van der Waals surface area contributed by atoms with Gasteiger partial charge in [-0.15, -0.1) is 0 Å². The zero-order chi connectivity index (χ0) is 19.8. The molecule has 0 aromatic carbocycles. The van der Waals surface area contributed by atoms with E-state index in [4.69, 9.17) is 9.15 Å². The molecule has 1 amide bonds. The highest BCUT2D eigenvalue weighted by atomic mass is 16.6. The largest absolute Gasteiger partial charge is 0.467 e. The molecule has 0 spiro atoms. The summed E-state index contributed by atoms with van der Waals surface area (Å²) in [4.78, 5) is 16.4. The van der Waals surface area contributed by atoms with Gasteiger partial charge in [-0.05, 0) is 53.7 Å². The summed E-state index contributed by atoms with van der Waals surface area (Å²) in [6.45, 7) is 12.4. The lowest BCUT2D eigenvalue weighted by Crippen LogP contribution is -2.49. The first-order valence-electron chi connectivity index (χ1n) is 8.77. The van der Waals surface area contributed by atoms with Crippen LogP contribution in [0.4, 0.5) is 4.79 Å². The van der Waals surface area contributed by atoms with Crippen LogP contribution in [0.1, 0.15) is 53.4 Å². The van der Waals surface area contributed by atoms with Crippen molar-refractivity contribution < 1.29 is 19.1 Å². The van der Waals surface area contributed by atoms with E-state index in [9.17, 15) is 9.90 Å². The molecule has 0 aliphatic heterocycles. The highest BCUT2D eigenvalue weighted by molar-refractivity contribution is 5.79. The molecule has 0 aliphatic carbocycles. The Morgan fingerprint density at radius 1 is 1.31 bits per heavy atom. The van der Waals surface area contributed by atoms with Crippen molar-refractivity contribution in [1.82, 2.24) is 16.0 Å². The molecule has 1 rings (SSSR count). The minimum absolute atomic E-state index is 0.249. The van der Waals surface area contributed by atoms with E-state index in [0.717, 1.165) is 0 Å². The second-order valence-corrected chi connectivity index (χ2v) is 7.62. The van der Waals surface area contributed by atoms with Gasteiger partial charge >= 0.3 is 6.09 Å². The molecular formula is C18H32N4O4. The van der Waals surface area contributed by atoms with Gasteiger partial charge in [0.05, 0.1) is 24.9 Å². The number of aliphatic imine (C=N–C) groups is 1. The van der Waals surface area contributed by atoms with E-state index in [-0.39, 0.29) is 6.54 Å². The summed E-state index contributed by atoms with van der Waals surface area (Å²) >= 11 is 0. The quantitative estimate of drug-likeness (QED) is 0.434. The number of alkyl carbamates (subject to hydrolysis) is 1. The number of ether oxygens (including phenoxy) is 1. The smallest absolute Gasteiger partial charge is 0.408 e. The minimum atomic E-state index is -0.776. The van der Waals surface area contributed by atoms with Crippen molar-refractivity contribution in [2.24, 2.45) is 4.99 Å². The molecule has 26 heavy (non-hydrogen) atoms. The maximum Gasteiger partial charge on any atom is 0.408 e. The van der Waals surface area contributed by atoms with Crippen LogP contribution in [0.25, 0.3) is 0 Å². The van der Waals surface area contributed by atoms with Crippen LogP contribution in [-0.2, 0) is 4.74 Å². The molecule has 0 saturated heterocycles. The third-order valence-electron chi connectivity index (χ3n) is 3.15. The van der Waals surface area contributed by atoms with E-state index >= 15 is 0 Å². The van der Waals surface area contributed by atoms with E-state index < -0.39 is 23.3 Å². The lowest BCUT2D eigenvalue weighted by molar-refractivity contribution is 0.0476. The first-order valence-corrected chi connectivity index (χ1v) is 8.77. The molecule has 0 fully saturated rings. The number of rotatable bonds is 7. The fourth-order valence-corrected chi connectivity index (χ4v) is 2.01. The molecular weight excluding hydrogens is 336 g/mol. The van der Waals surface area contributed by atoms with E-state index in [1.165, 1.54) is 6.26 Å². The zero-order valence-electron chi connectivity index (χ0n) is 16.5. The predicted molar refractivity (Wildman–Crippen MR) is 101 cm³/mol. The van der Waals surface area contributed by atoms with Gasteiger partial charge in [0.25, 0.3) is 0 Å². The Kier molecular flexibility index (Phi) is 7.95. The molecule has 4 N–H and O–H groups in total. The monoisotopic (exact) mass is 368 g/mol. The molecule has 0 radical (unpaired) electrons. The van der Waals surface area contributed by atoms with Crippen LogP contribution in [0.3, 0.4) is 0 Å². The third-order valence-corrected chi connectivity index (χ3v) is 3.15. The van der Waals surface area contributed by atoms with Gasteiger partial charge in [0.1, 0.15) is 17.5 Å². The van der Waals surface area contributed by atoms with Gasteiger partial charge in [0.2, 0.25) is 0 Å². The lowest BCUT2D eigenvalue weighted by atomic mass is 10.1. The average Bonchev–Trinajstić information content (AvgIpc) is 3.01. The number of guanidine groups is 1. The van der Waals surface area contributed by atoms with E-state index in [1.54, 1.807) is 12.1 Å². The number of nitrogens with zero attached hydrogens (tertiary/aromatic N) is 1. The number of aliphatic hydroxyl groups excluding tert-OH is 1. The highest BCUT2D eigenvalue weighted by Crippen LogP contribution is 2.12. The van der Waals surface area contributed by atoms with Gasteiger partial charge < -0.3 is 30.2 Å². The first-order chi connectivity index (χ1) is 12.0. The SMILES string of the molecule is CCNC(=NCC(C)(C)NC(=O)OC(C)(C)C)NCC(O)c1ccco1. The van der Waals surface area contributed by atoms with Gasteiger partial charge in [0.15, 0.2) is 5.96 Å². The Bertz CT molecular complexity index is 577. The van der Waals surface area contributed by atoms with E-state index in [1.807, 2.05) is 41.5 Å². The molecule has 1 aromatic heterocycles. The second kappa shape index (κ2) is 9.47. The van der Waals surface area contributed by atoms with Crippen molar-refractivity contribution in [2.75, 3.05) is 19.6 Å². The van der Waals surface area contributed by atoms with Crippen molar-refractivity contribution in [3.05, 3.63) is 24.2 Å². The van der Waals surface area contributed by atoms with Crippen molar-refractivity contribution in [3.8, 4) is 0 Å². The fourth-order valence-electron chi connectivity index (χ4n) is 2.01. The number of amides is 1. The molecule has 1 aromatic rings. The minimum Gasteiger partial charge on any atom is -0.467 e. The number of furan rings is 1. The van der Waals surface area contributed by atoms with Crippen molar-refractivity contribution >= 4 is 12.1 Å². The van der Waals surface area contributed by atoms with Crippen LogP contribution >= 0.6 is 0 Å². The predicted octanol–water partition coefficient (Wildman–Crippen LogP) is 2.17. The van der Waals surface area contributed by atoms with Crippen molar-refractivity contribution in [2.45, 2.75) is 58.8 Å². The molecule has 0 bridgehead atoms. The number of aliphatic hydroxyl groups is 1. The number of carbonyl (C=O) groups excluding carboxylic acids is 1. The van der Waals surface area contributed by atoms with Crippen LogP contribution in [0, 0.1) is 0 Å². The summed E-state index contributed by atoms with van der Waals surface area (Å²) in [5, 5.41) is 19.0. The molecule has 1 heterocycles. The fraction of sp³-hybridized carbons (Fsp3) is 0.667. The summed E-state index contributed by atoms with van der Waals surface area (Å²) in [6.07, 6.45) is 0.258. The van der Waals surface area contributed by atoms with E-state index in [0.29, 0.717) is 24.8 Å². The molecule has 8 heteroatoms. The lowest BCUT2D eigenvalue weighted by Gasteiger charge is -2.27. The van der Waals surface area contributed by atoms with Crippen LogP contribution in [0.15, 0.2) is 27.8 Å². The van der Waals surface area contributed by atoms with Crippen LogP contribution < -0.4 is 16.0 Å². The Morgan fingerprint density at radius 2 is 2.00 bits per heavy atom. The molecule has 1 atom stereocenters. The Labute approximate surface area is 155 Å². The van der Waals surface area contributed by atoms with Gasteiger partial charge in [0, 0.05) is 6.54 Å². The summed E-state index contributed by atoms with van der Waals surface area (Å²) < 4.78 is 10.4. The van der Waals surface area contributed by atoms with Gasteiger partial charge in [-0.1, -0.05) is 0 Å². The topological polar surface area (TPSA) is 108 Å². The van der Waals surface area contributed by atoms with Gasteiger partial charge in [-0.25, -0.2) is 4.79 Å². The number of nitrogens with one attached hydrogen (secondary N) is 3. The molecule has 1 unspecified atom stereocenters.